The first kappa shape index (κ1) is 21.3. The van der Waals surface area contributed by atoms with Crippen molar-refractivity contribution in [2.45, 2.75) is 32.7 Å². The molecule has 0 heterocycles. The Bertz CT molecular complexity index is 789. The number of amides is 2. The minimum Gasteiger partial charge on any atom is -0.497 e. The van der Waals surface area contributed by atoms with Gasteiger partial charge in [-0.05, 0) is 49.1 Å². The fraction of sp³-hybridized carbons (Fsp3) is 0.364. The van der Waals surface area contributed by atoms with Crippen LogP contribution in [0.4, 0.5) is 4.79 Å². The summed E-state index contributed by atoms with van der Waals surface area (Å²) in [6.45, 7) is 4.82. The van der Waals surface area contributed by atoms with Gasteiger partial charge < -0.3 is 20.1 Å². The summed E-state index contributed by atoms with van der Waals surface area (Å²) in [5, 5.41) is 11.5. The maximum Gasteiger partial charge on any atom is 0.317 e. The van der Waals surface area contributed by atoms with E-state index < -0.39 is 5.97 Å². The summed E-state index contributed by atoms with van der Waals surface area (Å²) in [6.07, 6.45) is 0.468. The Hall–Kier alpha value is -3.02. The van der Waals surface area contributed by atoms with E-state index in [0.717, 1.165) is 22.4 Å². The molecule has 0 bridgehead atoms. The van der Waals surface area contributed by atoms with Gasteiger partial charge in [0.1, 0.15) is 5.75 Å². The predicted octanol–water partition coefficient (Wildman–Crippen LogP) is 4.32. The summed E-state index contributed by atoms with van der Waals surface area (Å²) in [7, 11) is 1.65. The molecular weight excluding hydrogens is 356 g/mol. The van der Waals surface area contributed by atoms with E-state index in [-0.39, 0.29) is 18.5 Å². The van der Waals surface area contributed by atoms with Crippen LogP contribution in [0.3, 0.4) is 0 Å². The van der Waals surface area contributed by atoms with Crippen LogP contribution in [0, 0.1) is 0 Å². The van der Waals surface area contributed by atoms with Gasteiger partial charge in [-0.25, -0.2) is 4.79 Å². The number of hydrogen-bond donors (Lipinski definition) is 2. The molecule has 1 unspecified atom stereocenters. The number of carbonyl (C=O) groups excluding carboxylic acids is 1. The van der Waals surface area contributed by atoms with Gasteiger partial charge in [0.05, 0.1) is 13.2 Å². The maximum absolute atomic E-state index is 12.4. The monoisotopic (exact) mass is 384 g/mol. The van der Waals surface area contributed by atoms with Gasteiger partial charge >= 0.3 is 12.0 Å². The second-order valence-corrected chi connectivity index (χ2v) is 6.55. The first-order valence-electron chi connectivity index (χ1n) is 9.47. The van der Waals surface area contributed by atoms with Crippen molar-refractivity contribution in [1.29, 1.82) is 0 Å². The highest BCUT2D eigenvalue weighted by Crippen LogP contribution is 2.27. The van der Waals surface area contributed by atoms with Crippen LogP contribution in [0.25, 0.3) is 11.1 Å². The number of urea groups is 1. The Morgan fingerprint density at radius 2 is 1.86 bits per heavy atom. The molecule has 2 rings (SSSR count). The van der Waals surface area contributed by atoms with Crippen molar-refractivity contribution in [3.8, 4) is 16.9 Å². The van der Waals surface area contributed by atoms with E-state index >= 15 is 0 Å². The van der Waals surface area contributed by atoms with Crippen molar-refractivity contribution in [2.24, 2.45) is 0 Å². The molecule has 0 radical (unpaired) electrons. The fourth-order valence-electron chi connectivity index (χ4n) is 3.07. The third kappa shape index (κ3) is 5.74. The molecule has 150 valence electrons. The Labute approximate surface area is 166 Å². The maximum atomic E-state index is 12.4. The van der Waals surface area contributed by atoms with Gasteiger partial charge in [0.25, 0.3) is 0 Å². The number of aliphatic carboxylic acids is 1. The zero-order chi connectivity index (χ0) is 20.5. The lowest BCUT2D eigenvalue weighted by Gasteiger charge is -2.28. The number of nitrogens with one attached hydrogen (secondary N) is 1. The van der Waals surface area contributed by atoms with Crippen LogP contribution >= 0.6 is 0 Å². The summed E-state index contributed by atoms with van der Waals surface area (Å²) >= 11 is 0. The Morgan fingerprint density at radius 1 is 1.14 bits per heavy atom. The van der Waals surface area contributed by atoms with E-state index in [0.29, 0.717) is 19.5 Å². The summed E-state index contributed by atoms with van der Waals surface area (Å²) in [6, 6.07) is 15.7. The molecule has 2 amide bonds. The molecule has 0 spiro atoms. The zero-order valence-corrected chi connectivity index (χ0v) is 16.6. The summed E-state index contributed by atoms with van der Waals surface area (Å²) in [5.74, 6) is -0.0437. The molecule has 2 N–H and O–H groups in total. The third-order valence-electron chi connectivity index (χ3n) is 4.71. The summed E-state index contributed by atoms with van der Waals surface area (Å²) in [4.78, 5) is 24.7. The van der Waals surface area contributed by atoms with Gasteiger partial charge in [-0.15, -0.1) is 0 Å². The molecule has 2 aromatic rings. The molecule has 0 aromatic heterocycles. The van der Waals surface area contributed by atoms with E-state index in [1.165, 1.54) is 0 Å². The van der Waals surface area contributed by atoms with Crippen molar-refractivity contribution < 1.29 is 19.4 Å². The summed E-state index contributed by atoms with van der Waals surface area (Å²) in [5.41, 5.74) is 3.19. The van der Waals surface area contributed by atoms with Crippen LogP contribution in [-0.2, 0) is 4.79 Å². The number of ether oxygens (including phenoxy) is 1. The quantitative estimate of drug-likeness (QED) is 0.631. The highest BCUT2D eigenvalue weighted by atomic mass is 16.5. The molecule has 1 atom stereocenters. The third-order valence-corrected chi connectivity index (χ3v) is 4.71. The van der Waals surface area contributed by atoms with Gasteiger partial charge in [-0.1, -0.05) is 36.4 Å². The summed E-state index contributed by atoms with van der Waals surface area (Å²) < 4.78 is 5.28. The molecule has 0 aliphatic heterocycles. The molecule has 6 nitrogen and oxygen atoms in total. The van der Waals surface area contributed by atoms with Crippen molar-refractivity contribution in [2.75, 3.05) is 20.2 Å². The average molecular weight is 384 g/mol. The van der Waals surface area contributed by atoms with Gasteiger partial charge in [0.15, 0.2) is 0 Å². The first-order chi connectivity index (χ1) is 13.5. The molecule has 2 aromatic carbocycles. The van der Waals surface area contributed by atoms with E-state index in [2.05, 4.69) is 5.32 Å². The molecule has 0 fully saturated rings. The van der Waals surface area contributed by atoms with Crippen molar-refractivity contribution in [1.82, 2.24) is 10.2 Å². The molecule has 0 saturated carbocycles. The molecular formula is C22H28N2O4. The van der Waals surface area contributed by atoms with Gasteiger partial charge in [-0.2, -0.15) is 0 Å². The first-order valence-corrected chi connectivity index (χ1v) is 9.47. The van der Waals surface area contributed by atoms with Crippen LogP contribution in [0.1, 0.15) is 38.3 Å². The number of carboxylic acid groups (broad SMARTS) is 1. The minimum absolute atomic E-state index is 0.0493. The Balaban J connectivity index is 2.04. The highest BCUT2D eigenvalue weighted by molar-refractivity contribution is 5.75. The lowest BCUT2D eigenvalue weighted by molar-refractivity contribution is -0.137. The van der Waals surface area contributed by atoms with Gasteiger partial charge in [0.2, 0.25) is 0 Å². The normalized spacial score (nSPS) is 11.5. The Morgan fingerprint density at radius 3 is 2.46 bits per heavy atom. The van der Waals surface area contributed by atoms with Crippen LogP contribution in [0.15, 0.2) is 48.5 Å². The lowest BCUT2D eigenvalue weighted by Crippen LogP contribution is -2.41. The number of rotatable bonds is 9. The number of carbonyl (C=O) groups is 2. The fourth-order valence-corrected chi connectivity index (χ4v) is 3.07. The number of hydrogen-bond acceptors (Lipinski definition) is 3. The van der Waals surface area contributed by atoms with Crippen LogP contribution in [0.5, 0.6) is 5.75 Å². The largest absolute Gasteiger partial charge is 0.497 e. The molecule has 6 heteroatoms. The molecule has 0 aliphatic carbocycles. The van der Waals surface area contributed by atoms with E-state index in [4.69, 9.17) is 9.84 Å². The number of methoxy groups -OCH3 is 1. The predicted molar refractivity (Wildman–Crippen MR) is 109 cm³/mol. The zero-order valence-electron chi connectivity index (χ0n) is 16.6. The average Bonchev–Trinajstić information content (AvgIpc) is 2.71. The second kappa shape index (κ2) is 10.3. The standard InChI is InChI=1S/C22H28N2O4/c1-4-24(22(27)23-14-6-9-21(25)26)16(2)17-10-12-18(13-11-17)19-7-5-8-20(15-19)28-3/h5,7-8,10-13,15-16H,4,6,9,14H2,1-3H3,(H,23,27)(H,25,26). The number of nitrogens with zero attached hydrogens (tertiary/aromatic N) is 1. The van der Waals surface area contributed by atoms with Crippen molar-refractivity contribution in [3.63, 3.8) is 0 Å². The van der Waals surface area contributed by atoms with E-state index in [9.17, 15) is 9.59 Å². The topological polar surface area (TPSA) is 78.9 Å². The van der Waals surface area contributed by atoms with Crippen LogP contribution in [0.2, 0.25) is 0 Å². The molecule has 0 aliphatic rings. The van der Waals surface area contributed by atoms with Crippen molar-refractivity contribution in [3.05, 3.63) is 54.1 Å². The smallest absolute Gasteiger partial charge is 0.317 e. The van der Waals surface area contributed by atoms with E-state index in [1.807, 2.05) is 62.4 Å². The SMILES string of the molecule is CCN(C(=O)NCCCC(=O)O)C(C)c1ccc(-c2cccc(OC)c2)cc1. The minimum atomic E-state index is -0.855. The molecule has 28 heavy (non-hydrogen) atoms. The molecule has 0 saturated heterocycles. The van der Waals surface area contributed by atoms with Gasteiger partial charge in [-0.3, -0.25) is 4.79 Å². The van der Waals surface area contributed by atoms with E-state index in [1.54, 1.807) is 12.0 Å². The number of benzene rings is 2. The van der Waals surface area contributed by atoms with Crippen molar-refractivity contribution >= 4 is 12.0 Å². The lowest BCUT2D eigenvalue weighted by atomic mass is 10.0. The Kier molecular flexibility index (Phi) is 7.87. The highest BCUT2D eigenvalue weighted by Gasteiger charge is 2.19. The second-order valence-electron chi connectivity index (χ2n) is 6.55. The van der Waals surface area contributed by atoms with Crippen LogP contribution in [-0.4, -0.2) is 42.2 Å². The van der Waals surface area contributed by atoms with Gasteiger partial charge in [0, 0.05) is 19.5 Å². The number of carboxylic acids is 1. The van der Waals surface area contributed by atoms with Crippen LogP contribution < -0.4 is 10.1 Å².